The van der Waals surface area contributed by atoms with Gasteiger partial charge in [-0.2, -0.15) is 0 Å². The van der Waals surface area contributed by atoms with Crippen LogP contribution in [0.1, 0.15) is 34.1 Å². The van der Waals surface area contributed by atoms with Crippen LogP contribution in [0.5, 0.6) is 5.75 Å². The fourth-order valence-electron chi connectivity index (χ4n) is 2.80. The summed E-state index contributed by atoms with van der Waals surface area (Å²) in [4.78, 5) is 4.43. The van der Waals surface area contributed by atoms with Crippen molar-refractivity contribution in [1.29, 1.82) is 0 Å². The van der Waals surface area contributed by atoms with Crippen LogP contribution >= 0.6 is 0 Å². The van der Waals surface area contributed by atoms with Gasteiger partial charge in [-0.05, 0) is 39.8 Å². The van der Waals surface area contributed by atoms with Crippen LogP contribution in [0.25, 0.3) is 11.0 Å². The summed E-state index contributed by atoms with van der Waals surface area (Å²) in [5, 5.41) is 0. The molecule has 1 aliphatic heterocycles. The quantitative estimate of drug-likeness (QED) is 0.682. The van der Waals surface area contributed by atoms with E-state index in [1.807, 2.05) is 50.5 Å². The van der Waals surface area contributed by atoms with Crippen molar-refractivity contribution in [3.8, 4) is 5.75 Å². The molecule has 0 amide bonds. The summed E-state index contributed by atoms with van der Waals surface area (Å²) in [5.41, 5.74) is 1.76. The van der Waals surface area contributed by atoms with E-state index in [1.165, 1.54) is 0 Å². The molecule has 1 saturated heterocycles. The van der Waals surface area contributed by atoms with E-state index in [0.717, 1.165) is 16.8 Å². The first-order valence-corrected chi connectivity index (χ1v) is 8.66. The summed E-state index contributed by atoms with van der Waals surface area (Å²) in [7, 11) is 0. The number of benzene rings is 1. The average molecular weight is 350 g/mol. The molecule has 1 aromatic heterocycles. The highest BCUT2D eigenvalue weighted by atomic mass is 16.7. The maximum absolute atomic E-state index is 5.84. The topological polar surface area (TPSA) is 64.0 Å². The Morgan fingerprint density at radius 2 is 2.04 bits per heavy atom. The molecule has 1 aromatic carbocycles. The number of hydrogen-bond acceptors (Lipinski definition) is 6. The molecule has 0 N–H and O–H groups in total. The van der Waals surface area contributed by atoms with Gasteiger partial charge in [0.1, 0.15) is 18.5 Å². The Hall–Kier alpha value is -1.67. The van der Waals surface area contributed by atoms with E-state index in [-0.39, 0.29) is 6.10 Å². The summed E-state index contributed by atoms with van der Waals surface area (Å²) in [5.74, 6) is 0.208. The van der Waals surface area contributed by atoms with Gasteiger partial charge in [-0.1, -0.05) is 0 Å². The van der Waals surface area contributed by atoms with Crippen molar-refractivity contribution < 1.29 is 23.7 Å². The molecule has 1 aliphatic rings. The zero-order valence-corrected chi connectivity index (χ0v) is 15.2. The molecule has 0 aliphatic carbocycles. The Labute approximate surface area is 147 Å². The lowest BCUT2D eigenvalue weighted by Crippen LogP contribution is -2.25. The van der Waals surface area contributed by atoms with Crippen molar-refractivity contribution in [3.63, 3.8) is 0 Å². The zero-order valence-electron chi connectivity index (χ0n) is 15.2. The van der Waals surface area contributed by atoms with Crippen molar-refractivity contribution in [3.05, 3.63) is 24.5 Å². The van der Waals surface area contributed by atoms with Crippen molar-refractivity contribution in [2.24, 2.45) is 0 Å². The van der Waals surface area contributed by atoms with E-state index in [1.54, 1.807) is 6.33 Å². The fraction of sp³-hybridized carbons (Fsp3) is 0.611. The Balaban J connectivity index is 1.69. The Kier molecular flexibility index (Phi) is 5.58. The third-order valence-electron chi connectivity index (χ3n) is 3.90. The smallest absolute Gasteiger partial charge is 0.245 e. The van der Waals surface area contributed by atoms with Crippen molar-refractivity contribution in [2.45, 2.75) is 46.0 Å². The molecular formula is C18H26N2O5. The molecule has 0 bridgehead atoms. The van der Waals surface area contributed by atoms with E-state index in [9.17, 15) is 0 Å². The van der Waals surface area contributed by atoms with Gasteiger partial charge in [0.25, 0.3) is 0 Å². The second kappa shape index (κ2) is 7.70. The van der Waals surface area contributed by atoms with E-state index in [4.69, 9.17) is 23.7 Å². The number of rotatable bonds is 8. The molecule has 7 nitrogen and oxygen atoms in total. The molecule has 138 valence electrons. The van der Waals surface area contributed by atoms with Crippen molar-refractivity contribution in [1.82, 2.24) is 9.55 Å². The van der Waals surface area contributed by atoms with Gasteiger partial charge >= 0.3 is 0 Å². The normalized spacial score (nSPS) is 19.8. The van der Waals surface area contributed by atoms with Crippen LogP contribution in [0, 0.1) is 0 Å². The van der Waals surface area contributed by atoms with Crippen LogP contribution in [-0.2, 0) is 18.9 Å². The summed E-state index contributed by atoms with van der Waals surface area (Å²) in [6.07, 6.45) is 1.18. The van der Waals surface area contributed by atoms with Crippen LogP contribution < -0.4 is 4.74 Å². The number of ether oxygens (including phenoxy) is 5. The highest BCUT2D eigenvalue weighted by Gasteiger charge is 2.33. The minimum atomic E-state index is -0.537. The number of aromatic nitrogens is 2. The first-order valence-electron chi connectivity index (χ1n) is 8.66. The second-order valence-corrected chi connectivity index (χ2v) is 6.28. The molecule has 25 heavy (non-hydrogen) atoms. The summed E-state index contributed by atoms with van der Waals surface area (Å²) in [6.45, 7) is 9.78. The summed E-state index contributed by atoms with van der Waals surface area (Å²) in [6, 6.07) is 5.77. The Morgan fingerprint density at radius 1 is 1.28 bits per heavy atom. The standard InChI is InChI=1S/C18H26N2O5/c1-5-21-17(22-6-2)20-12-19-15-9-13(7-8-16(15)20)23-10-14-11-24-18(3,4)25-14/h7-9,12,14,17H,5-6,10-11H2,1-4H3. The van der Waals surface area contributed by atoms with E-state index in [0.29, 0.717) is 26.4 Å². The number of nitrogens with zero attached hydrogens (tertiary/aromatic N) is 2. The third kappa shape index (κ3) is 4.30. The maximum Gasteiger partial charge on any atom is 0.245 e. The maximum atomic E-state index is 5.84. The molecule has 2 heterocycles. The minimum absolute atomic E-state index is 0.0662. The molecule has 0 spiro atoms. The minimum Gasteiger partial charge on any atom is -0.491 e. The second-order valence-electron chi connectivity index (χ2n) is 6.28. The molecule has 1 fully saturated rings. The largest absolute Gasteiger partial charge is 0.491 e. The van der Waals surface area contributed by atoms with Gasteiger partial charge in [0.05, 0.1) is 24.0 Å². The van der Waals surface area contributed by atoms with Crippen LogP contribution in [0.15, 0.2) is 24.5 Å². The fourth-order valence-corrected chi connectivity index (χ4v) is 2.80. The molecular weight excluding hydrogens is 324 g/mol. The van der Waals surface area contributed by atoms with E-state index >= 15 is 0 Å². The lowest BCUT2D eigenvalue weighted by molar-refractivity contribution is -0.184. The van der Waals surface area contributed by atoms with Crippen molar-refractivity contribution in [2.75, 3.05) is 26.4 Å². The molecule has 2 aromatic rings. The van der Waals surface area contributed by atoms with Gasteiger partial charge in [-0.25, -0.2) is 4.98 Å². The lowest BCUT2D eigenvalue weighted by atomic mass is 10.3. The molecule has 1 atom stereocenters. The first-order chi connectivity index (χ1) is 12.0. The highest BCUT2D eigenvalue weighted by molar-refractivity contribution is 5.77. The summed E-state index contributed by atoms with van der Waals surface area (Å²) < 4.78 is 30.3. The molecule has 0 saturated carbocycles. The zero-order chi connectivity index (χ0) is 17.9. The molecule has 7 heteroatoms. The average Bonchev–Trinajstić information content (AvgIpc) is 3.15. The predicted octanol–water partition coefficient (Wildman–Crippen LogP) is 3.10. The lowest BCUT2D eigenvalue weighted by Gasteiger charge is -2.19. The van der Waals surface area contributed by atoms with Gasteiger partial charge in [0.15, 0.2) is 5.79 Å². The number of fused-ring (bicyclic) bond motifs is 1. The van der Waals surface area contributed by atoms with Crippen LogP contribution in [-0.4, -0.2) is 47.9 Å². The van der Waals surface area contributed by atoms with Gasteiger partial charge in [-0.15, -0.1) is 0 Å². The van der Waals surface area contributed by atoms with E-state index < -0.39 is 12.2 Å². The Morgan fingerprint density at radius 3 is 2.68 bits per heavy atom. The van der Waals surface area contributed by atoms with Gasteiger partial charge in [-0.3, -0.25) is 4.57 Å². The van der Waals surface area contributed by atoms with Crippen LogP contribution in [0.2, 0.25) is 0 Å². The SMILES string of the molecule is CCOC(OCC)n1cnc2cc(OCC3COC(C)(C)O3)ccc21. The number of hydrogen-bond donors (Lipinski definition) is 0. The monoisotopic (exact) mass is 350 g/mol. The van der Waals surface area contributed by atoms with Gasteiger partial charge in [0, 0.05) is 19.3 Å². The predicted molar refractivity (Wildman–Crippen MR) is 92.4 cm³/mol. The van der Waals surface area contributed by atoms with Gasteiger partial charge < -0.3 is 23.7 Å². The van der Waals surface area contributed by atoms with Crippen molar-refractivity contribution >= 4 is 11.0 Å². The Bertz CT molecular complexity index is 694. The van der Waals surface area contributed by atoms with Crippen LogP contribution in [0.4, 0.5) is 0 Å². The van der Waals surface area contributed by atoms with Gasteiger partial charge in [0.2, 0.25) is 6.41 Å². The molecule has 0 radical (unpaired) electrons. The highest BCUT2D eigenvalue weighted by Crippen LogP contribution is 2.26. The summed E-state index contributed by atoms with van der Waals surface area (Å²) >= 11 is 0. The molecule has 1 unspecified atom stereocenters. The first kappa shape index (κ1) is 18.1. The van der Waals surface area contributed by atoms with E-state index in [2.05, 4.69) is 4.98 Å². The number of imidazole rings is 1. The molecule has 3 rings (SSSR count). The third-order valence-corrected chi connectivity index (χ3v) is 3.90. The van der Waals surface area contributed by atoms with Crippen LogP contribution in [0.3, 0.4) is 0 Å².